The highest BCUT2D eigenvalue weighted by Crippen LogP contribution is 2.53. The van der Waals surface area contributed by atoms with Crippen molar-refractivity contribution in [1.82, 2.24) is 0 Å². The van der Waals surface area contributed by atoms with Crippen LogP contribution in [-0.4, -0.2) is 0 Å². The molecular formula is C14H19N. The van der Waals surface area contributed by atoms with Gasteiger partial charge in [-0.25, -0.2) is 0 Å². The molecule has 3 rings (SSSR count). The van der Waals surface area contributed by atoms with Crippen molar-refractivity contribution < 1.29 is 0 Å². The summed E-state index contributed by atoms with van der Waals surface area (Å²) in [5.41, 5.74) is 9.67. The van der Waals surface area contributed by atoms with Crippen molar-refractivity contribution in [3.05, 3.63) is 29.3 Å². The van der Waals surface area contributed by atoms with E-state index < -0.39 is 0 Å². The van der Waals surface area contributed by atoms with E-state index in [1.807, 2.05) is 0 Å². The predicted octanol–water partition coefficient (Wildman–Crippen LogP) is 3.48. The first-order chi connectivity index (χ1) is 7.24. The number of benzene rings is 1. The summed E-state index contributed by atoms with van der Waals surface area (Å²) in [6.45, 7) is 2.21. The molecule has 2 fully saturated rings. The first-order valence-electron chi connectivity index (χ1n) is 6.10. The Labute approximate surface area is 91.7 Å². The third kappa shape index (κ3) is 1.45. The maximum atomic E-state index is 5.80. The monoisotopic (exact) mass is 201 g/mol. The molecule has 15 heavy (non-hydrogen) atoms. The summed E-state index contributed by atoms with van der Waals surface area (Å²) in [5, 5.41) is 0. The van der Waals surface area contributed by atoms with Gasteiger partial charge in [0, 0.05) is 5.69 Å². The van der Waals surface area contributed by atoms with Gasteiger partial charge < -0.3 is 5.73 Å². The van der Waals surface area contributed by atoms with Crippen LogP contribution in [0.1, 0.15) is 42.7 Å². The Morgan fingerprint density at radius 1 is 1.20 bits per heavy atom. The molecule has 2 bridgehead atoms. The van der Waals surface area contributed by atoms with Crippen molar-refractivity contribution in [3.8, 4) is 0 Å². The maximum Gasteiger partial charge on any atom is 0.0316 e. The minimum absolute atomic E-state index is 0.837. The number of fused-ring (bicyclic) bond motifs is 2. The van der Waals surface area contributed by atoms with Crippen LogP contribution in [0.5, 0.6) is 0 Å². The second kappa shape index (κ2) is 3.26. The molecule has 1 nitrogen and oxygen atoms in total. The average molecular weight is 201 g/mol. The zero-order chi connectivity index (χ0) is 10.4. The molecule has 3 unspecified atom stereocenters. The number of nitrogen functional groups attached to an aromatic ring is 1. The fraction of sp³-hybridized carbons (Fsp3) is 0.571. The molecule has 1 aromatic rings. The van der Waals surface area contributed by atoms with Crippen LogP contribution in [-0.2, 0) is 0 Å². The van der Waals surface area contributed by atoms with Gasteiger partial charge in [0.1, 0.15) is 0 Å². The van der Waals surface area contributed by atoms with Crippen LogP contribution in [0.4, 0.5) is 5.69 Å². The predicted molar refractivity (Wildman–Crippen MR) is 63.8 cm³/mol. The van der Waals surface area contributed by atoms with Gasteiger partial charge in [0.15, 0.2) is 0 Å². The molecule has 2 aliphatic rings. The molecule has 0 heterocycles. The van der Waals surface area contributed by atoms with E-state index in [2.05, 4.69) is 25.1 Å². The smallest absolute Gasteiger partial charge is 0.0316 e. The number of hydrogen-bond acceptors (Lipinski definition) is 1. The number of hydrogen-bond donors (Lipinski definition) is 1. The van der Waals surface area contributed by atoms with E-state index >= 15 is 0 Å². The van der Waals surface area contributed by atoms with Gasteiger partial charge in [0.25, 0.3) is 0 Å². The Bertz CT molecular complexity index is 383. The van der Waals surface area contributed by atoms with Crippen LogP contribution in [0.15, 0.2) is 18.2 Å². The van der Waals surface area contributed by atoms with Crippen molar-refractivity contribution in [2.24, 2.45) is 11.8 Å². The van der Waals surface area contributed by atoms with E-state index in [4.69, 9.17) is 5.73 Å². The molecule has 2 aliphatic carbocycles. The number of aryl methyl sites for hydroxylation is 1. The summed E-state index contributed by atoms with van der Waals surface area (Å²) in [7, 11) is 0. The van der Waals surface area contributed by atoms with Crippen LogP contribution in [0.25, 0.3) is 0 Å². The van der Waals surface area contributed by atoms with E-state index in [1.165, 1.54) is 31.2 Å². The third-order valence-electron chi connectivity index (χ3n) is 4.43. The second-order valence-electron chi connectivity index (χ2n) is 5.40. The molecule has 0 saturated heterocycles. The lowest BCUT2D eigenvalue weighted by atomic mass is 9.81. The molecule has 80 valence electrons. The van der Waals surface area contributed by atoms with Crippen molar-refractivity contribution in [3.63, 3.8) is 0 Å². The first-order valence-corrected chi connectivity index (χ1v) is 6.10. The summed E-state index contributed by atoms with van der Waals surface area (Å²) in [6, 6.07) is 6.45. The van der Waals surface area contributed by atoms with Crippen molar-refractivity contribution >= 4 is 5.69 Å². The standard InChI is InChI=1S/C14H19N/c1-9-6-12(15)4-5-13(9)14-8-10-2-3-11(14)7-10/h4-6,10-11,14H,2-3,7-8,15H2,1H3. The molecule has 2 N–H and O–H groups in total. The lowest BCUT2D eigenvalue weighted by molar-refractivity contribution is 0.419. The molecule has 0 aromatic heterocycles. The molecule has 0 aliphatic heterocycles. The van der Waals surface area contributed by atoms with Gasteiger partial charge in [-0.05, 0) is 67.2 Å². The van der Waals surface area contributed by atoms with Gasteiger partial charge in [-0.15, -0.1) is 0 Å². The Morgan fingerprint density at radius 3 is 2.67 bits per heavy atom. The molecular weight excluding hydrogens is 182 g/mol. The molecule has 0 spiro atoms. The van der Waals surface area contributed by atoms with Crippen molar-refractivity contribution in [1.29, 1.82) is 0 Å². The van der Waals surface area contributed by atoms with Gasteiger partial charge in [0.05, 0.1) is 0 Å². The molecule has 0 radical (unpaired) electrons. The quantitative estimate of drug-likeness (QED) is 0.692. The minimum Gasteiger partial charge on any atom is -0.399 e. The van der Waals surface area contributed by atoms with E-state index in [0.29, 0.717) is 0 Å². The lowest BCUT2D eigenvalue weighted by Gasteiger charge is -2.23. The third-order valence-corrected chi connectivity index (χ3v) is 4.43. The summed E-state index contributed by atoms with van der Waals surface area (Å²) in [4.78, 5) is 0. The largest absolute Gasteiger partial charge is 0.399 e. The Balaban J connectivity index is 1.93. The second-order valence-corrected chi connectivity index (χ2v) is 5.40. The fourth-order valence-electron chi connectivity index (χ4n) is 3.74. The highest BCUT2D eigenvalue weighted by atomic mass is 14.5. The minimum atomic E-state index is 0.837. The molecule has 2 saturated carbocycles. The Hall–Kier alpha value is -0.980. The SMILES string of the molecule is Cc1cc(N)ccc1C1CC2CCC1C2. The van der Waals surface area contributed by atoms with Gasteiger partial charge in [-0.3, -0.25) is 0 Å². The molecule has 0 amide bonds. The lowest BCUT2D eigenvalue weighted by Crippen LogP contribution is -2.10. The Morgan fingerprint density at radius 2 is 2.07 bits per heavy atom. The van der Waals surface area contributed by atoms with Crippen LogP contribution in [0.3, 0.4) is 0 Å². The normalized spacial score (nSPS) is 33.5. The van der Waals surface area contributed by atoms with E-state index in [9.17, 15) is 0 Å². The molecule has 1 aromatic carbocycles. The highest BCUT2D eigenvalue weighted by Gasteiger charge is 2.40. The van der Waals surface area contributed by atoms with Crippen molar-refractivity contribution in [2.75, 3.05) is 5.73 Å². The first kappa shape index (κ1) is 9.26. The fourth-order valence-corrected chi connectivity index (χ4v) is 3.74. The van der Waals surface area contributed by atoms with E-state index in [1.54, 1.807) is 5.56 Å². The van der Waals surface area contributed by atoms with Gasteiger partial charge in [-0.1, -0.05) is 12.5 Å². The summed E-state index contributed by atoms with van der Waals surface area (Å²) in [6.07, 6.45) is 5.85. The molecule has 3 atom stereocenters. The van der Waals surface area contributed by atoms with Gasteiger partial charge in [-0.2, -0.15) is 0 Å². The summed E-state index contributed by atoms with van der Waals surface area (Å²) >= 11 is 0. The average Bonchev–Trinajstić information content (AvgIpc) is 2.78. The van der Waals surface area contributed by atoms with E-state index in [0.717, 1.165) is 23.4 Å². The topological polar surface area (TPSA) is 26.0 Å². The zero-order valence-electron chi connectivity index (χ0n) is 9.37. The Kier molecular flexibility index (Phi) is 2.01. The summed E-state index contributed by atoms with van der Waals surface area (Å²) < 4.78 is 0. The van der Waals surface area contributed by atoms with Crippen LogP contribution in [0, 0.1) is 18.8 Å². The summed E-state index contributed by atoms with van der Waals surface area (Å²) in [5.74, 6) is 2.83. The van der Waals surface area contributed by atoms with Crippen molar-refractivity contribution in [2.45, 2.75) is 38.5 Å². The maximum absolute atomic E-state index is 5.80. The van der Waals surface area contributed by atoms with Gasteiger partial charge >= 0.3 is 0 Å². The molecule has 1 heteroatoms. The number of anilines is 1. The van der Waals surface area contributed by atoms with E-state index in [-0.39, 0.29) is 0 Å². The van der Waals surface area contributed by atoms with Gasteiger partial charge in [0.2, 0.25) is 0 Å². The number of rotatable bonds is 1. The zero-order valence-corrected chi connectivity index (χ0v) is 9.37. The van der Waals surface area contributed by atoms with Crippen LogP contribution >= 0.6 is 0 Å². The highest BCUT2D eigenvalue weighted by molar-refractivity contribution is 5.45. The van der Waals surface area contributed by atoms with Crippen LogP contribution in [0.2, 0.25) is 0 Å². The van der Waals surface area contributed by atoms with Crippen LogP contribution < -0.4 is 5.73 Å². The number of nitrogens with two attached hydrogens (primary N) is 1.